The predicted octanol–water partition coefficient (Wildman–Crippen LogP) is 2.90. The molecule has 2 unspecified atom stereocenters. The Morgan fingerprint density at radius 1 is 1.52 bits per heavy atom. The molecule has 0 spiro atoms. The minimum Gasteiger partial charge on any atom is -0.490 e. The molecule has 2 rings (SSSR count). The molecule has 1 amide bonds. The number of carbonyl (C=O) groups is 1. The van der Waals surface area contributed by atoms with Crippen LogP contribution in [0.25, 0.3) is 0 Å². The number of nitrogens with zero attached hydrogens (tertiary/aromatic N) is 1. The summed E-state index contributed by atoms with van der Waals surface area (Å²) in [5, 5.41) is 10.6. The summed E-state index contributed by atoms with van der Waals surface area (Å²) in [6.07, 6.45) is -1.17. The number of hydrogen-bond acceptors (Lipinski definition) is 4. The van der Waals surface area contributed by atoms with Crippen LogP contribution >= 0.6 is 11.6 Å². The molecule has 1 aromatic rings. The van der Waals surface area contributed by atoms with Crippen molar-refractivity contribution in [3.05, 3.63) is 29.3 Å². The maximum Gasteiger partial charge on any atom is 0.412 e. The van der Waals surface area contributed by atoms with Crippen molar-refractivity contribution in [1.29, 1.82) is 0 Å². The molecule has 1 aliphatic heterocycles. The van der Waals surface area contributed by atoms with E-state index in [0.717, 1.165) is 0 Å². The molecule has 1 fully saturated rings. The standard InChI is InChI=1S/C15H20ClNO4/c1-10(2)6-14(18)17-8-13(21-15(17)19)9-20-12-5-3-4-11(16)7-12/h3-5,7,10,13-14,18H,6,8-9H2,1-2H3. The van der Waals surface area contributed by atoms with Crippen LogP contribution in [0.15, 0.2) is 24.3 Å². The van der Waals surface area contributed by atoms with E-state index in [1.54, 1.807) is 24.3 Å². The van der Waals surface area contributed by atoms with Crippen LogP contribution in [-0.4, -0.2) is 41.6 Å². The molecule has 5 nitrogen and oxygen atoms in total. The lowest BCUT2D eigenvalue weighted by atomic mass is 10.1. The van der Waals surface area contributed by atoms with Gasteiger partial charge in [0.2, 0.25) is 0 Å². The molecule has 1 heterocycles. The number of halogens is 1. The Bertz CT molecular complexity index is 494. The number of ether oxygens (including phenoxy) is 2. The Morgan fingerprint density at radius 3 is 2.95 bits per heavy atom. The van der Waals surface area contributed by atoms with Gasteiger partial charge in [0, 0.05) is 5.02 Å². The monoisotopic (exact) mass is 313 g/mol. The molecule has 0 aliphatic carbocycles. The van der Waals surface area contributed by atoms with Crippen molar-refractivity contribution in [2.75, 3.05) is 13.2 Å². The fourth-order valence-electron chi connectivity index (χ4n) is 2.17. The molecular formula is C15H20ClNO4. The first kappa shape index (κ1) is 15.9. The summed E-state index contributed by atoms with van der Waals surface area (Å²) in [6.45, 7) is 4.54. The SMILES string of the molecule is CC(C)CC(O)N1CC(COc2cccc(Cl)c2)OC1=O. The van der Waals surface area contributed by atoms with Gasteiger partial charge in [0.25, 0.3) is 0 Å². The van der Waals surface area contributed by atoms with Crippen LogP contribution in [0.1, 0.15) is 20.3 Å². The van der Waals surface area contributed by atoms with E-state index in [1.807, 2.05) is 13.8 Å². The lowest BCUT2D eigenvalue weighted by Crippen LogP contribution is -2.37. The highest BCUT2D eigenvalue weighted by Gasteiger charge is 2.35. The molecule has 6 heteroatoms. The van der Waals surface area contributed by atoms with E-state index < -0.39 is 18.4 Å². The van der Waals surface area contributed by atoms with Gasteiger partial charge in [0.05, 0.1) is 6.54 Å². The quantitative estimate of drug-likeness (QED) is 0.877. The molecule has 116 valence electrons. The Labute approximate surface area is 129 Å². The van der Waals surface area contributed by atoms with Crippen LogP contribution < -0.4 is 4.74 Å². The van der Waals surface area contributed by atoms with Crippen molar-refractivity contribution >= 4 is 17.7 Å². The largest absolute Gasteiger partial charge is 0.490 e. The first-order chi connectivity index (χ1) is 9.95. The van der Waals surface area contributed by atoms with Crippen molar-refractivity contribution in [3.63, 3.8) is 0 Å². The number of rotatable bonds is 6. The maximum atomic E-state index is 11.7. The van der Waals surface area contributed by atoms with E-state index in [0.29, 0.717) is 29.7 Å². The molecule has 1 saturated heterocycles. The van der Waals surface area contributed by atoms with Gasteiger partial charge in [-0.1, -0.05) is 31.5 Å². The summed E-state index contributed by atoms with van der Waals surface area (Å²) >= 11 is 5.87. The molecule has 0 saturated carbocycles. The fourth-order valence-corrected chi connectivity index (χ4v) is 2.35. The summed E-state index contributed by atoms with van der Waals surface area (Å²) in [5.41, 5.74) is 0. The Morgan fingerprint density at radius 2 is 2.29 bits per heavy atom. The number of hydrogen-bond donors (Lipinski definition) is 1. The molecule has 0 bridgehead atoms. The van der Waals surface area contributed by atoms with Crippen LogP contribution in [0.2, 0.25) is 5.02 Å². The topological polar surface area (TPSA) is 59.0 Å². The highest BCUT2D eigenvalue weighted by atomic mass is 35.5. The van der Waals surface area contributed by atoms with Gasteiger partial charge < -0.3 is 14.6 Å². The van der Waals surface area contributed by atoms with Crippen LogP contribution in [0.5, 0.6) is 5.75 Å². The molecule has 2 atom stereocenters. The maximum absolute atomic E-state index is 11.7. The molecule has 21 heavy (non-hydrogen) atoms. The van der Waals surface area contributed by atoms with Gasteiger partial charge in [-0.3, -0.25) is 4.90 Å². The van der Waals surface area contributed by atoms with E-state index in [4.69, 9.17) is 21.1 Å². The number of aliphatic hydroxyl groups is 1. The number of aliphatic hydroxyl groups excluding tert-OH is 1. The van der Waals surface area contributed by atoms with Crippen molar-refractivity contribution in [2.24, 2.45) is 5.92 Å². The summed E-state index contributed by atoms with van der Waals surface area (Å²) < 4.78 is 10.8. The molecular weight excluding hydrogens is 294 g/mol. The van der Waals surface area contributed by atoms with Gasteiger partial charge >= 0.3 is 6.09 Å². The second kappa shape index (κ2) is 7.00. The average Bonchev–Trinajstić information content (AvgIpc) is 2.77. The number of benzene rings is 1. The van der Waals surface area contributed by atoms with Crippen molar-refractivity contribution < 1.29 is 19.4 Å². The van der Waals surface area contributed by atoms with Crippen LogP contribution in [0.3, 0.4) is 0 Å². The van der Waals surface area contributed by atoms with Crippen LogP contribution in [-0.2, 0) is 4.74 Å². The van der Waals surface area contributed by atoms with Gasteiger partial charge in [-0.25, -0.2) is 4.79 Å². The lowest BCUT2D eigenvalue weighted by molar-refractivity contribution is 0.0225. The van der Waals surface area contributed by atoms with E-state index in [2.05, 4.69) is 0 Å². The Hall–Kier alpha value is -1.46. The average molecular weight is 314 g/mol. The third-order valence-electron chi connectivity index (χ3n) is 3.18. The van der Waals surface area contributed by atoms with Crippen LogP contribution in [0, 0.1) is 5.92 Å². The molecule has 1 N–H and O–H groups in total. The zero-order chi connectivity index (χ0) is 15.4. The normalized spacial score (nSPS) is 19.8. The van der Waals surface area contributed by atoms with Gasteiger partial charge in [-0.15, -0.1) is 0 Å². The molecule has 1 aliphatic rings. The minimum atomic E-state index is -0.811. The second-order valence-corrected chi connectivity index (χ2v) is 5.97. The van der Waals surface area contributed by atoms with Gasteiger partial charge in [-0.2, -0.15) is 0 Å². The summed E-state index contributed by atoms with van der Waals surface area (Å²) in [4.78, 5) is 13.1. The minimum absolute atomic E-state index is 0.233. The zero-order valence-corrected chi connectivity index (χ0v) is 12.9. The third kappa shape index (κ3) is 4.51. The van der Waals surface area contributed by atoms with E-state index in [1.165, 1.54) is 4.90 Å². The van der Waals surface area contributed by atoms with E-state index in [9.17, 15) is 9.90 Å². The summed E-state index contributed by atoms with van der Waals surface area (Å²) in [5.74, 6) is 0.925. The number of carbonyl (C=O) groups excluding carboxylic acids is 1. The van der Waals surface area contributed by atoms with E-state index >= 15 is 0 Å². The Balaban J connectivity index is 1.85. The number of amides is 1. The number of cyclic esters (lactones) is 1. The highest BCUT2D eigenvalue weighted by molar-refractivity contribution is 6.30. The third-order valence-corrected chi connectivity index (χ3v) is 3.41. The van der Waals surface area contributed by atoms with Crippen LogP contribution in [0.4, 0.5) is 4.79 Å². The molecule has 0 aromatic heterocycles. The van der Waals surface area contributed by atoms with Crippen molar-refractivity contribution in [3.8, 4) is 5.75 Å². The smallest absolute Gasteiger partial charge is 0.412 e. The molecule has 0 radical (unpaired) electrons. The van der Waals surface area contributed by atoms with Gasteiger partial charge in [0.1, 0.15) is 18.6 Å². The molecule has 1 aromatic carbocycles. The summed E-state index contributed by atoms with van der Waals surface area (Å²) in [7, 11) is 0. The second-order valence-electron chi connectivity index (χ2n) is 5.54. The fraction of sp³-hybridized carbons (Fsp3) is 0.533. The zero-order valence-electron chi connectivity index (χ0n) is 12.2. The predicted molar refractivity (Wildman–Crippen MR) is 79.4 cm³/mol. The Kier molecular flexibility index (Phi) is 5.31. The lowest BCUT2D eigenvalue weighted by Gasteiger charge is -2.21. The van der Waals surface area contributed by atoms with Gasteiger partial charge in [0.15, 0.2) is 6.10 Å². The van der Waals surface area contributed by atoms with E-state index in [-0.39, 0.29) is 6.61 Å². The van der Waals surface area contributed by atoms with Crippen molar-refractivity contribution in [2.45, 2.75) is 32.6 Å². The highest BCUT2D eigenvalue weighted by Crippen LogP contribution is 2.21. The summed E-state index contributed by atoms with van der Waals surface area (Å²) in [6, 6.07) is 7.03. The van der Waals surface area contributed by atoms with Crippen molar-refractivity contribution in [1.82, 2.24) is 4.90 Å². The first-order valence-corrected chi connectivity index (χ1v) is 7.37. The first-order valence-electron chi connectivity index (χ1n) is 6.99. The van der Waals surface area contributed by atoms with Gasteiger partial charge in [-0.05, 0) is 30.5 Å².